The molecule has 118 valence electrons. The van der Waals surface area contributed by atoms with Crippen LogP contribution < -0.4 is 5.73 Å². The first-order valence-electron chi connectivity index (χ1n) is 7.54. The third-order valence-corrected chi connectivity index (χ3v) is 4.54. The second-order valence-electron chi connectivity index (χ2n) is 5.48. The number of rotatable bonds is 5. The molecule has 0 aliphatic carbocycles. The molecule has 1 aromatic heterocycles. The maximum Gasteiger partial charge on any atom is 0.143 e. The first-order chi connectivity index (χ1) is 10.1. The highest BCUT2D eigenvalue weighted by atomic mass is 35.5. The SMILES string of the molecule is CCc1nn(CC)c(CN2CCCC(C(N)=NO)C2)c1Cl. The molecule has 7 heteroatoms. The third kappa shape index (κ3) is 3.49. The van der Waals surface area contributed by atoms with Crippen molar-refractivity contribution in [3.63, 3.8) is 0 Å². The predicted molar refractivity (Wildman–Crippen MR) is 83.7 cm³/mol. The zero-order valence-electron chi connectivity index (χ0n) is 12.7. The normalized spacial score (nSPS) is 20.9. The van der Waals surface area contributed by atoms with E-state index in [1.807, 2.05) is 4.68 Å². The number of aryl methyl sites for hydroxylation is 2. The largest absolute Gasteiger partial charge is 0.409 e. The molecule has 0 spiro atoms. The van der Waals surface area contributed by atoms with E-state index in [2.05, 4.69) is 29.0 Å². The Labute approximate surface area is 130 Å². The Morgan fingerprint density at radius 2 is 2.29 bits per heavy atom. The monoisotopic (exact) mass is 313 g/mol. The summed E-state index contributed by atoms with van der Waals surface area (Å²) in [7, 11) is 0. The number of oxime groups is 1. The third-order valence-electron chi connectivity index (χ3n) is 4.11. The average molecular weight is 314 g/mol. The molecule has 1 aliphatic heterocycles. The highest BCUT2D eigenvalue weighted by Crippen LogP contribution is 2.25. The van der Waals surface area contributed by atoms with Crippen LogP contribution in [0.15, 0.2) is 5.16 Å². The molecule has 2 rings (SSSR count). The maximum absolute atomic E-state index is 8.83. The number of aromatic nitrogens is 2. The lowest BCUT2D eigenvalue weighted by molar-refractivity contribution is 0.188. The Bertz CT molecular complexity index is 514. The first kappa shape index (κ1) is 16.1. The summed E-state index contributed by atoms with van der Waals surface area (Å²) in [6, 6.07) is 0. The van der Waals surface area contributed by atoms with Crippen molar-refractivity contribution < 1.29 is 5.21 Å². The summed E-state index contributed by atoms with van der Waals surface area (Å²) in [5.74, 6) is 0.440. The summed E-state index contributed by atoms with van der Waals surface area (Å²) < 4.78 is 1.98. The van der Waals surface area contributed by atoms with Crippen LogP contribution >= 0.6 is 11.6 Å². The summed E-state index contributed by atoms with van der Waals surface area (Å²) in [6.45, 7) is 7.50. The van der Waals surface area contributed by atoms with Crippen molar-refractivity contribution in [3.8, 4) is 0 Å². The van der Waals surface area contributed by atoms with Crippen molar-refractivity contribution in [3.05, 3.63) is 16.4 Å². The molecule has 0 aromatic carbocycles. The van der Waals surface area contributed by atoms with Crippen LogP contribution in [0.2, 0.25) is 5.02 Å². The van der Waals surface area contributed by atoms with Gasteiger partial charge in [0.2, 0.25) is 0 Å². The van der Waals surface area contributed by atoms with Gasteiger partial charge < -0.3 is 10.9 Å². The van der Waals surface area contributed by atoms with E-state index in [9.17, 15) is 0 Å². The van der Waals surface area contributed by atoms with Gasteiger partial charge in [0.15, 0.2) is 0 Å². The van der Waals surface area contributed by atoms with Gasteiger partial charge in [-0.2, -0.15) is 5.10 Å². The fourth-order valence-electron chi connectivity index (χ4n) is 2.90. The zero-order valence-corrected chi connectivity index (χ0v) is 13.5. The second kappa shape index (κ2) is 7.13. The van der Waals surface area contributed by atoms with Crippen LogP contribution in [0.4, 0.5) is 0 Å². The van der Waals surface area contributed by atoms with E-state index in [1.54, 1.807) is 0 Å². The van der Waals surface area contributed by atoms with Gasteiger partial charge in [0, 0.05) is 25.6 Å². The van der Waals surface area contributed by atoms with Gasteiger partial charge in [0.1, 0.15) is 5.84 Å². The summed E-state index contributed by atoms with van der Waals surface area (Å²) in [5.41, 5.74) is 7.77. The van der Waals surface area contributed by atoms with E-state index < -0.39 is 0 Å². The lowest BCUT2D eigenvalue weighted by Gasteiger charge is -2.32. The van der Waals surface area contributed by atoms with Gasteiger partial charge in [-0.3, -0.25) is 9.58 Å². The summed E-state index contributed by atoms with van der Waals surface area (Å²) in [6.07, 6.45) is 2.85. The van der Waals surface area contributed by atoms with Crippen molar-refractivity contribution in [2.75, 3.05) is 13.1 Å². The molecule has 0 radical (unpaired) electrons. The molecule has 1 atom stereocenters. The minimum Gasteiger partial charge on any atom is -0.409 e. The van der Waals surface area contributed by atoms with Crippen LogP contribution in [0.3, 0.4) is 0 Å². The van der Waals surface area contributed by atoms with E-state index in [0.717, 1.165) is 61.9 Å². The van der Waals surface area contributed by atoms with Gasteiger partial charge >= 0.3 is 0 Å². The highest BCUT2D eigenvalue weighted by molar-refractivity contribution is 6.31. The van der Waals surface area contributed by atoms with Crippen LogP contribution in [0.1, 0.15) is 38.1 Å². The smallest absolute Gasteiger partial charge is 0.143 e. The lowest BCUT2D eigenvalue weighted by atomic mass is 9.97. The van der Waals surface area contributed by atoms with Crippen LogP contribution in [0, 0.1) is 5.92 Å². The van der Waals surface area contributed by atoms with Crippen molar-refractivity contribution >= 4 is 17.4 Å². The van der Waals surface area contributed by atoms with Gasteiger partial charge in [-0.05, 0) is 32.7 Å². The molecule has 0 bridgehead atoms. The Morgan fingerprint density at radius 3 is 2.90 bits per heavy atom. The Morgan fingerprint density at radius 1 is 1.52 bits per heavy atom. The van der Waals surface area contributed by atoms with Crippen LogP contribution in [0.5, 0.6) is 0 Å². The van der Waals surface area contributed by atoms with Crippen molar-refractivity contribution in [1.82, 2.24) is 14.7 Å². The Balaban J connectivity index is 2.12. The zero-order chi connectivity index (χ0) is 15.4. The first-order valence-corrected chi connectivity index (χ1v) is 7.92. The molecule has 1 aliphatic rings. The predicted octanol–water partition coefficient (Wildman–Crippen LogP) is 2.08. The molecule has 2 heterocycles. The van der Waals surface area contributed by atoms with Crippen LogP contribution in [-0.2, 0) is 19.5 Å². The van der Waals surface area contributed by atoms with E-state index >= 15 is 0 Å². The standard InChI is InChI=1S/C14H24ClN5O/c1-3-11-13(15)12(20(4-2)17-11)9-19-7-5-6-10(8-19)14(16)18-21/h10,21H,3-9H2,1-2H3,(H2,16,18). The number of piperidine rings is 1. The van der Waals surface area contributed by atoms with Gasteiger partial charge in [-0.25, -0.2) is 0 Å². The fourth-order valence-corrected chi connectivity index (χ4v) is 3.23. The van der Waals surface area contributed by atoms with E-state index in [-0.39, 0.29) is 5.92 Å². The van der Waals surface area contributed by atoms with E-state index in [0.29, 0.717) is 5.84 Å². The number of nitrogens with zero attached hydrogens (tertiary/aromatic N) is 4. The number of halogens is 1. The summed E-state index contributed by atoms with van der Waals surface area (Å²) in [4.78, 5) is 2.31. The molecular weight excluding hydrogens is 290 g/mol. The lowest BCUT2D eigenvalue weighted by Crippen LogP contribution is -2.41. The summed E-state index contributed by atoms with van der Waals surface area (Å²) in [5, 5.41) is 17.3. The number of hydrogen-bond acceptors (Lipinski definition) is 4. The number of nitrogens with two attached hydrogens (primary N) is 1. The second-order valence-corrected chi connectivity index (χ2v) is 5.85. The van der Waals surface area contributed by atoms with Crippen LogP contribution in [-0.4, -0.2) is 38.8 Å². The van der Waals surface area contributed by atoms with Crippen molar-refractivity contribution in [1.29, 1.82) is 0 Å². The molecule has 0 saturated carbocycles. The average Bonchev–Trinajstić information content (AvgIpc) is 2.82. The molecule has 1 aromatic rings. The topological polar surface area (TPSA) is 79.7 Å². The maximum atomic E-state index is 8.83. The van der Waals surface area contributed by atoms with Gasteiger partial charge in [0.05, 0.1) is 16.4 Å². The molecule has 6 nitrogen and oxygen atoms in total. The fraction of sp³-hybridized carbons (Fsp3) is 0.714. The molecule has 21 heavy (non-hydrogen) atoms. The summed E-state index contributed by atoms with van der Waals surface area (Å²) >= 11 is 6.46. The van der Waals surface area contributed by atoms with Crippen LogP contribution in [0.25, 0.3) is 0 Å². The number of hydrogen-bond donors (Lipinski definition) is 2. The number of amidine groups is 1. The van der Waals surface area contributed by atoms with E-state index in [4.69, 9.17) is 22.5 Å². The van der Waals surface area contributed by atoms with Gasteiger partial charge in [-0.15, -0.1) is 0 Å². The molecule has 1 unspecified atom stereocenters. The van der Waals surface area contributed by atoms with Crippen molar-refractivity contribution in [2.45, 2.75) is 46.2 Å². The minimum absolute atomic E-state index is 0.117. The Kier molecular flexibility index (Phi) is 5.47. The molecule has 1 fully saturated rings. The molecular formula is C14H24ClN5O. The van der Waals surface area contributed by atoms with Crippen molar-refractivity contribution in [2.24, 2.45) is 16.8 Å². The number of likely N-dealkylation sites (tertiary alicyclic amines) is 1. The Hall–Kier alpha value is -1.27. The highest BCUT2D eigenvalue weighted by Gasteiger charge is 2.25. The van der Waals surface area contributed by atoms with Gasteiger partial charge in [0.25, 0.3) is 0 Å². The molecule has 0 amide bonds. The molecule has 1 saturated heterocycles. The molecule has 3 N–H and O–H groups in total. The van der Waals surface area contributed by atoms with Gasteiger partial charge in [-0.1, -0.05) is 23.7 Å². The quantitative estimate of drug-likeness (QED) is 0.377. The minimum atomic E-state index is 0.117. The van der Waals surface area contributed by atoms with E-state index in [1.165, 1.54) is 0 Å².